The molecule has 0 aliphatic heterocycles. The first-order valence-electron chi connectivity index (χ1n) is 5.30. The van der Waals surface area contributed by atoms with Crippen LogP contribution in [0.25, 0.3) is 0 Å². The van der Waals surface area contributed by atoms with Gasteiger partial charge in [-0.25, -0.2) is 0 Å². The highest BCUT2D eigenvalue weighted by molar-refractivity contribution is 5.18. The average molecular weight is 195 g/mol. The quantitative estimate of drug-likeness (QED) is 0.781. The van der Waals surface area contributed by atoms with E-state index in [4.69, 9.17) is 4.52 Å². The van der Waals surface area contributed by atoms with Crippen LogP contribution < -0.4 is 5.32 Å². The molecule has 1 aliphatic rings. The molecule has 78 valence electrons. The minimum atomic E-state index is 0.564. The molecule has 14 heavy (non-hydrogen) atoms. The molecule has 2 rings (SSSR count). The Balaban J connectivity index is 1.82. The monoisotopic (exact) mass is 195 g/mol. The Morgan fingerprint density at radius 3 is 2.93 bits per heavy atom. The topological polar surface area (TPSA) is 51.0 Å². The van der Waals surface area contributed by atoms with Gasteiger partial charge in [0.1, 0.15) is 0 Å². The minimum absolute atomic E-state index is 0.564. The Bertz CT molecular complexity index is 291. The number of hydrogen-bond donors (Lipinski definition) is 1. The van der Waals surface area contributed by atoms with E-state index < -0.39 is 0 Å². The lowest BCUT2D eigenvalue weighted by atomic mass is 10.2. The van der Waals surface area contributed by atoms with Gasteiger partial charge in [-0.15, -0.1) is 0 Å². The van der Waals surface area contributed by atoms with E-state index >= 15 is 0 Å². The summed E-state index contributed by atoms with van der Waals surface area (Å²) in [6, 6.07) is 0.564. The van der Waals surface area contributed by atoms with Crippen molar-refractivity contribution in [2.45, 2.75) is 33.1 Å². The van der Waals surface area contributed by atoms with Gasteiger partial charge in [0.2, 0.25) is 0 Å². The van der Waals surface area contributed by atoms with Gasteiger partial charge < -0.3 is 9.84 Å². The van der Waals surface area contributed by atoms with Crippen molar-refractivity contribution in [2.75, 3.05) is 11.9 Å². The van der Waals surface area contributed by atoms with Crippen LogP contribution in [-0.2, 0) is 6.42 Å². The first-order valence-corrected chi connectivity index (χ1v) is 5.30. The fourth-order valence-corrected chi connectivity index (χ4v) is 1.28. The van der Waals surface area contributed by atoms with E-state index in [1.54, 1.807) is 0 Å². The molecule has 1 fully saturated rings. The normalized spacial score (nSPS) is 16.2. The first-order chi connectivity index (χ1) is 6.74. The summed E-state index contributed by atoms with van der Waals surface area (Å²) >= 11 is 0. The maximum Gasteiger partial charge on any atom is 0.321 e. The Hall–Kier alpha value is -1.06. The van der Waals surface area contributed by atoms with Crippen molar-refractivity contribution in [3.63, 3.8) is 0 Å². The van der Waals surface area contributed by atoms with Crippen molar-refractivity contribution < 1.29 is 4.52 Å². The van der Waals surface area contributed by atoms with Crippen molar-refractivity contribution in [2.24, 2.45) is 11.8 Å². The second-order valence-electron chi connectivity index (χ2n) is 4.44. The Labute approximate surface area is 84.1 Å². The highest BCUT2D eigenvalue weighted by Crippen LogP contribution is 2.31. The molecule has 0 bridgehead atoms. The van der Waals surface area contributed by atoms with Crippen LogP contribution in [0.5, 0.6) is 0 Å². The van der Waals surface area contributed by atoms with Crippen molar-refractivity contribution in [3.05, 3.63) is 5.82 Å². The molecular formula is C10H17N3O. The largest absolute Gasteiger partial charge is 0.338 e. The zero-order chi connectivity index (χ0) is 9.97. The number of rotatable bonds is 5. The lowest BCUT2D eigenvalue weighted by Gasteiger charge is -2.02. The van der Waals surface area contributed by atoms with Crippen LogP contribution in [0.15, 0.2) is 4.52 Å². The third-order valence-corrected chi connectivity index (χ3v) is 2.30. The Morgan fingerprint density at radius 2 is 2.29 bits per heavy atom. The molecule has 1 N–H and O–H groups in total. The number of nitrogens with one attached hydrogen (secondary N) is 1. The molecule has 0 aromatic carbocycles. The van der Waals surface area contributed by atoms with Crippen LogP contribution in [0.1, 0.15) is 32.5 Å². The van der Waals surface area contributed by atoms with Gasteiger partial charge in [-0.2, -0.15) is 4.98 Å². The first kappa shape index (κ1) is 9.49. The molecule has 0 atom stereocenters. The average Bonchev–Trinajstić information content (AvgIpc) is 2.81. The molecule has 1 heterocycles. The van der Waals surface area contributed by atoms with Crippen molar-refractivity contribution >= 4 is 6.01 Å². The van der Waals surface area contributed by atoms with E-state index in [1.165, 1.54) is 12.8 Å². The van der Waals surface area contributed by atoms with Gasteiger partial charge in [-0.05, 0) is 24.7 Å². The molecule has 1 aromatic heterocycles. The van der Waals surface area contributed by atoms with Crippen LogP contribution >= 0.6 is 0 Å². The van der Waals surface area contributed by atoms with Gasteiger partial charge in [-0.1, -0.05) is 19.0 Å². The molecule has 0 radical (unpaired) electrons. The predicted octanol–water partition coefficient (Wildman–Crippen LogP) is 2.09. The van der Waals surface area contributed by atoms with Gasteiger partial charge in [0, 0.05) is 13.0 Å². The second kappa shape index (κ2) is 3.98. The summed E-state index contributed by atoms with van der Waals surface area (Å²) < 4.78 is 5.07. The van der Waals surface area contributed by atoms with E-state index in [0.717, 1.165) is 24.7 Å². The third kappa shape index (κ3) is 2.72. The highest BCUT2D eigenvalue weighted by atomic mass is 16.5. The van der Waals surface area contributed by atoms with E-state index in [1.807, 2.05) is 0 Å². The lowest BCUT2D eigenvalue weighted by Crippen LogP contribution is -2.08. The SMILES string of the molecule is CC(C)CNc1nc(CC2CC2)no1. The predicted molar refractivity (Wildman–Crippen MR) is 54.1 cm³/mol. The van der Waals surface area contributed by atoms with Crippen LogP contribution in [0.3, 0.4) is 0 Å². The van der Waals surface area contributed by atoms with Crippen LogP contribution in [-0.4, -0.2) is 16.7 Å². The molecule has 0 spiro atoms. The molecule has 1 aliphatic carbocycles. The number of hydrogen-bond acceptors (Lipinski definition) is 4. The van der Waals surface area contributed by atoms with Gasteiger partial charge in [0.05, 0.1) is 0 Å². The van der Waals surface area contributed by atoms with Crippen molar-refractivity contribution in [1.29, 1.82) is 0 Å². The minimum Gasteiger partial charge on any atom is -0.338 e. The summed E-state index contributed by atoms with van der Waals surface area (Å²) in [6.07, 6.45) is 3.62. The summed E-state index contributed by atoms with van der Waals surface area (Å²) in [5, 5.41) is 7.04. The molecule has 1 aromatic rings. The summed E-state index contributed by atoms with van der Waals surface area (Å²) in [6.45, 7) is 5.17. The van der Waals surface area contributed by atoms with Gasteiger partial charge in [-0.3, -0.25) is 0 Å². The molecule has 0 unspecified atom stereocenters. The fourth-order valence-electron chi connectivity index (χ4n) is 1.28. The van der Waals surface area contributed by atoms with E-state index in [-0.39, 0.29) is 0 Å². The van der Waals surface area contributed by atoms with Crippen LogP contribution in [0.2, 0.25) is 0 Å². The zero-order valence-corrected chi connectivity index (χ0v) is 8.79. The molecule has 0 saturated heterocycles. The highest BCUT2D eigenvalue weighted by Gasteiger charge is 2.23. The molecule has 1 saturated carbocycles. The number of nitrogens with zero attached hydrogens (tertiary/aromatic N) is 2. The van der Waals surface area contributed by atoms with Gasteiger partial charge in [0.15, 0.2) is 5.82 Å². The molecule has 0 amide bonds. The summed E-state index contributed by atoms with van der Waals surface area (Å²) in [7, 11) is 0. The van der Waals surface area contributed by atoms with E-state index in [0.29, 0.717) is 11.9 Å². The zero-order valence-electron chi connectivity index (χ0n) is 8.79. The number of aromatic nitrogens is 2. The fraction of sp³-hybridized carbons (Fsp3) is 0.800. The summed E-state index contributed by atoms with van der Waals surface area (Å²) in [5.41, 5.74) is 0. The van der Waals surface area contributed by atoms with Crippen LogP contribution in [0, 0.1) is 11.8 Å². The molecule has 4 heteroatoms. The standard InChI is InChI=1S/C10H17N3O/c1-7(2)6-11-10-12-9(13-14-10)5-8-3-4-8/h7-8H,3-6H2,1-2H3,(H,11,12,13). The molecular weight excluding hydrogens is 178 g/mol. The maximum atomic E-state index is 5.07. The maximum absolute atomic E-state index is 5.07. The van der Waals surface area contributed by atoms with E-state index in [9.17, 15) is 0 Å². The van der Waals surface area contributed by atoms with Crippen LogP contribution in [0.4, 0.5) is 6.01 Å². The second-order valence-corrected chi connectivity index (χ2v) is 4.44. The smallest absolute Gasteiger partial charge is 0.321 e. The third-order valence-electron chi connectivity index (χ3n) is 2.30. The van der Waals surface area contributed by atoms with Crippen molar-refractivity contribution in [1.82, 2.24) is 10.1 Å². The molecule has 4 nitrogen and oxygen atoms in total. The summed E-state index contributed by atoms with van der Waals surface area (Å²) in [4.78, 5) is 4.27. The van der Waals surface area contributed by atoms with Gasteiger partial charge >= 0.3 is 6.01 Å². The lowest BCUT2D eigenvalue weighted by molar-refractivity contribution is 0.419. The number of anilines is 1. The van der Waals surface area contributed by atoms with Gasteiger partial charge in [0.25, 0.3) is 0 Å². The Kier molecular flexibility index (Phi) is 2.70. The summed E-state index contributed by atoms with van der Waals surface area (Å²) in [5.74, 6) is 2.25. The van der Waals surface area contributed by atoms with Crippen molar-refractivity contribution in [3.8, 4) is 0 Å². The Morgan fingerprint density at radius 1 is 1.50 bits per heavy atom. The van der Waals surface area contributed by atoms with E-state index in [2.05, 4.69) is 29.3 Å².